The lowest BCUT2D eigenvalue weighted by molar-refractivity contribution is 0.153. The quantitative estimate of drug-likeness (QED) is 0.517. The number of aromatic nitrogens is 1. The highest BCUT2D eigenvalue weighted by molar-refractivity contribution is 9.10. The van der Waals surface area contributed by atoms with Crippen LogP contribution in [0.4, 0.5) is 9.18 Å². The molecule has 1 heterocycles. The molecule has 0 aliphatic rings. The molecule has 0 radical (unpaired) electrons. The van der Waals surface area contributed by atoms with E-state index in [0.29, 0.717) is 16.3 Å². The van der Waals surface area contributed by atoms with Crippen molar-refractivity contribution in [2.75, 3.05) is 7.05 Å². The van der Waals surface area contributed by atoms with Crippen molar-refractivity contribution in [3.05, 3.63) is 63.8 Å². The average molecular weight is 453 g/mol. The summed E-state index contributed by atoms with van der Waals surface area (Å²) >= 11 is 6.30. The van der Waals surface area contributed by atoms with E-state index in [9.17, 15) is 9.18 Å². The molecule has 0 saturated heterocycles. The van der Waals surface area contributed by atoms with Gasteiger partial charge in [0.25, 0.3) is 0 Å². The Hall–Kier alpha value is -1.90. The molecule has 134 valence electrons. The van der Waals surface area contributed by atoms with E-state index in [1.165, 1.54) is 36.2 Å². The van der Waals surface area contributed by atoms with Crippen LogP contribution in [0.5, 0.6) is 0 Å². The number of carboxylic acid groups (broad SMARTS) is 1. The number of rotatable bonds is 5. The number of carbonyl (C=O) groups is 1. The molecule has 0 atom stereocenters. The Bertz CT molecular complexity index is 948. The van der Waals surface area contributed by atoms with E-state index in [4.69, 9.17) is 5.11 Å². The minimum Gasteiger partial charge on any atom is -0.465 e. The Balaban J connectivity index is 2.01. The smallest absolute Gasteiger partial charge is 0.407 e. The summed E-state index contributed by atoms with van der Waals surface area (Å²) in [6.07, 6.45) is -1.03. The van der Waals surface area contributed by atoms with Crippen LogP contribution in [0.1, 0.15) is 5.01 Å². The van der Waals surface area contributed by atoms with Gasteiger partial charge < -0.3 is 10.0 Å². The van der Waals surface area contributed by atoms with E-state index in [1.54, 1.807) is 18.2 Å². The second-order valence-corrected chi connectivity index (χ2v) is 8.76. The summed E-state index contributed by atoms with van der Waals surface area (Å²) in [7, 11) is 1.48. The summed E-state index contributed by atoms with van der Waals surface area (Å²) in [5, 5.41) is 9.70. The van der Waals surface area contributed by atoms with Crippen molar-refractivity contribution in [1.82, 2.24) is 9.88 Å². The lowest BCUT2D eigenvalue weighted by atomic mass is 10.1. The molecule has 1 aromatic heterocycles. The third-order valence-corrected chi connectivity index (χ3v) is 6.17. The number of benzene rings is 2. The van der Waals surface area contributed by atoms with Gasteiger partial charge in [-0.1, -0.05) is 45.9 Å². The van der Waals surface area contributed by atoms with E-state index in [0.717, 1.165) is 18.5 Å². The van der Waals surface area contributed by atoms with E-state index in [1.807, 2.05) is 24.3 Å². The van der Waals surface area contributed by atoms with Gasteiger partial charge in [0.1, 0.15) is 10.8 Å². The summed E-state index contributed by atoms with van der Waals surface area (Å²) in [4.78, 5) is 17.7. The summed E-state index contributed by atoms with van der Waals surface area (Å²) in [6.45, 7) is 0.153. The molecular weight excluding hydrogens is 439 g/mol. The topological polar surface area (TPSA) is 53.4 Å². The zero-order valence-electron chi connectivity index (χ0n) is 13.6. The second kappa shape index (κ2) is 8.20. The minimum atomic E-state index is -1.03. The normalized spacial score (nSPS) is 10.7. The van der Waals surface area contributed by atoms with Crippen LogP contribution in [0.3, 0.4) is 0 Å². The van der Waals surface area contributed by atoms with Gasteiger partial charge in [0.05, 0.1) is 16.4 Å². The number of hydrogen-bond acceptors (Lipinski definition) is 4. The van der Waals surface area contributed by atoms with Crippen LogP contribution in [0.2, 0.25) is 0 Å². The number of halogens is 2. The van der Waals surface area contributed by atoms with Crippen molar-refractivity contribution in [3.8, 4) is 11.3 Å². The Morgan fingerprint density at radius 1 is 1.31 bits per heavy atom. The van der Waals surface area contributed by atoms with Gasteiger partial charge in [0.2, 0.25) is 0 Å². The largest absolute Gasteiger partial charge is 0.465 e. The lowest BCUT2D eigenvalue weighted by Crippen LogP contribution is -2.23. The zero-order chi connectivity index (χ0) is 18.7. The van der Waals surface area contributed by atoms with Crippen LogP contribution in [0.25, 0.3) is 11.3 Å². The van der Waals surface area contributed by atoms with Gasteiger partial charge >= 0.3 is 6.09 Å². The minimum absolute atomic E-state index is 0.153. The summed E-state index contributed by atoms with van der Waals surface area (Å²) in [5.41, 5.74) is 0.942. The highest BCUT2D eigenvalue weighted by Crippen LogP contribution is 2.41. The molecule has 0 bridgehead atoms. The molecule has 1 amide bonds. The van der Waals surface area contributed by atoms with Crippen LogP contribution in [0, 0.1) is 5.82 Å². The van der Waals surface area contributed by atoms with Crippen molar-refractivity contribution < 1.29 is 14.3 Å². The van der Waals surface area contributed by atoms with E-state index < -0.39 is 6.09 Å². The van der Waals surface area contributed by atoms with Gasteiger partial charge in [-0.15, -0.1) is 11.3 Å². The summed E-state index contributed by atoms with van der Waals surface area (Å²) in [5.74, 6) is -0.355. The van der Waals surface area contributed by atoms with Gasteiger partial charge in [0.15, 0.2) is 0 Å². The monoisotopic (exact) mass is 452 g/mol. The highest BCUT2D eigenvalue weighted by Gasteiger charge is 2.19. The molecule has 0 fully saturated rings. The van der Waals surface area contributed by atoms with Crippen molar-refractivity contribution in [1.29, 1.82) is 0 Å². The Labute approximate surface area is 166 Å². The van der Waals surface area contributed by atoms with Crippen molar-refractivity contribution in [2.24, 2.45) is 0 Å². The van der Waals surface area contributed by atoms with Crippen LogP contribution in [-0.4, -0.2) is 28.1 Å². The predicted molar refractivity (Wildman–Crippen MR) is 105 cm³/mol. The molecule has 4 nitrogen and oxygen atoms in total. The standard InChI is InChI=1S/C18H14BrFN2O2S2/c1-22(18(23)24)10-15-21-16(13-7-2-3-8-14(13)20)17(26-15)25-12-6-4-5-11(19)9-12/h2-9H,10H2,1H3,(H,23,24). The second-order valence-electron chi connectivity index (χ2n) is 5.42. The first-order valence-electron chi connectivity index (χ1n) is 7.56. The van der Waals surface area contributed by atoms with Crippen LogP contribution in [-0.2, 0) is 6.54 Å². The molecule has 1 N–H and O–H groups in total. The number of hydrogen-bond donors (Lipinski definition) is 1. The first-order valence-corrected chi connectivity index (χ1v) is 9.98. The molecule has 26 heavy (non-hydrogen) atoms. The molecule has 2 aromatic carbocycles. The first kappa shape index (κ1) is 18.9. The number of thiazole rings is 1. The van der Waals surface area contributed by atoms with E-state index in [2.05, 4.69) is 20.9 Å². The number of nitrogens with zero attached hydrogens (tertiary/aromatic N) is 2. The zero-order valence-corrected chi connectivity index (χ0v) is 16.9. The Kier molecular flexibility index (Phi) is 5.95. The maximum absolute atomic E-state index is 14.3. The van der Waals surface area contributed by atoms with Crippen LogP contribution >= 0.6 is 39.0 Å². The molecule has 3 rings (SSSR count). The molecule has 0 spiro atoms. The van der Waals surface area contributed by atoms with Gasteiger partial charge in [-0.2, -0.15) is 0 Å². The third kappa shape index (κ3) is 4.44. The van der Waals surface area contributed by atoms with Crippen LogP contribution < -0.4 is 0 Å². The van der Waals surface area contributed by atoms with E-state index in [-0.39, 0.29) is 12.4 Å². The van der Waals surface area contributed by atoms with E-state index >= 15 is 0 Å². The molecule has 3 aromatic rings. The van der Waals surface area contributed by atoms with Gasteiger partial charge in [-0.05, 0) is 30.3 Å². The summed E-state index contributed by atoms with van der Waals surface area (Å²) < 4.78 is 16.1. The fourth-order valence-electron chi connectivity index (χ4n) is 2.22. The molecule has 0 unspecified atom stereocenters. The van der Waals surface area contributed by atoms with Crippen molar-refractivity contribution in [3.63, 3.8) is 0 Å². The maximum atomic E-state index is 14.3. The molecular formula is C18H14BrFN2O2S2. The molecule has 0 saturated carbocycles. The summed E-state index contributed by atoms with van der Waals surface area (Å²) in [6, 6.07) is 14.3. The Morgan fingerprint density at radius 2 is 2.08 bits per heavy atom. The SMILES string of the molecule is CN(Cc1nc(-c2ccccc2F)c(Sc2cccc(Br)c2)s1)C(=O)O. The third-order valence-electron chi connectivity index (χ3n) is 3.47. The fourth-order valence-corrected chi connectivity index (χ4v) is 5.17. The lowest BCUT2D eigenvalue weighted by Gasteiger charge is -2.09. The molecule has 8 heteroatoms. The Morgan fingerprint density at radius 3 is 2.77 bits per heavy atom. The fraction of sp³-hybridized carbons (Fsp3) is 0.111. The van der Waals surface area contributed by atoms with Crippen molar-refractivity contribution in [2.45, 2.75) is 15.6 Å². The maximum Gasteiger partial charge on any atom is 0.407 e. The van der Waals surface area contributed by atoms with Gasteiger partial charge in [0, 0.05) is 22.0 Å². The molecule has 0 aliphatic carbocycles. The first-order chi connectivity index (χ1) is 12.4. The average Bonchev–Trinajstić information content (AvgIpc) is 2.97. The van der Waals surface area contributed by atoms with Crippen LogP contribution in [0.15, 0.2) is 62.1 Å². The molecule has 0 aliphatic heterocycles. The van der Waals surface area contributed by atoms with Gasteiger partial charge in [-0.3, -0.25) is 0 Å². The highest BCUT2D eigenvalue weighted by atomic mass is 79.9. The van der Waals surface area contributed by atoms with Gasteiger partial charge in [-0.25, -0.2) is 14.2 Å². The number of amides is 1. The predicted octanol–water partition coefficient (Wildman–Crippen LogP) is 5.97. The van der Waals surface area contributed by atoms with Crippen molar-refractivity contribution >= 4 is 45.1 Å².